The van der Waals surface area contributed by atoms with Crippen molar-refractivity contribution >= 4 is 29.5 Å². The van der Waals surface area contributed by atoms with Gasteiger partial charge in [-0.15, -0.1) is 10.2 Å². The first-order valence-electron chi connectivity index (χ1n) is 7.96. The lowest BCUT2D eigenvalue weighted by Gasteiger charge is -2.07. The van der Waals surface area contributed by atoms with Crippen molar-refractivity contribution in [3.05, 3.63) is 53.3 Å². The van der Waals surface area contributed by atoms with Gasteiger partial charge in [-0.3, -0.25) is 14.5 Å². The van der Waals surface area contributed by atoms with Gasteiger partial charge in [0.1, 0.15) is 0 Å². The summed E-state index contributed by atoms with van der Waals surface area (Å²) in [5, 5.41) is 13.6. The first-order valence-corrected chi connectivity index (χ1v) is 8.95. The number of hydrogen-bond donors (Lipinski definition) is 2. The van der Waals surface area contributed by atoms with Crippen LogP contribution in [-0.4, -0.2) is 37.3 Å². The van der Waals surface area contributed by atoms with Crippen molar-refractivity contribution in [2.45, 2.75) is 25.5 Å². The number of urea groups is 1. The Bertz CT molecular complexity index is 941. The number of aryl methyl sites for hydroxylation is 2. The van der Waals surface area contributed by atoms with Gasteiger partial charge in [-0.2, -0.15) is 0 Å². The second-order valence-electron chi connectivity index (χ2n) is 5.66. The number of amides is 3. The largest absolute Gasteiger partial charge is 0.334 e. The van der Waals surface area contributed by atoms with Gasteiger partial charge < -0.3 is 5.32 Å². The molecule has 26 heavy (non-hydrogen) atoms. The number of imide groups is 1. The topological polar surface area (TPSA) is 101 Å². The van der Waals surface area contributed by atoms with Crippen molar-refractivity contribution in [3.63, 3.8) is 0 Å². The molecule has 8 nitrogen and oxygen atoms in total. The van der Waals surface area contributed by atoms with Crippen LogP contribution in [-0.2, 0) is 11.3 Å². The van der Waals surface area contributed by atoms with Gasteiger partial charge in [-0.25, -0.2) is 9.78 Å². The number of benzene rings is 1. The van der Waals surface area contributed by atoms with Crippen LogP contribution < -0.4 is 10.6 Å². The zero-order valence-electron chi connectivity index (χ0n) is 14.4. The summed E-state index contributed by atoms with van der Waals surface area (Å²) in [6.07, 6.45) is 0. The summed E-state index contributed by atoms with van der Waals surface area (Å²) in [5.41, 5.74) is 2.74. The van der Waals surface area contributed by atoms with E-state index in [9.17, 15) is 9.59 Å². The Labute approximate surface area is 154 Å². The molecule has 0 aliphatic carbocycles. The lowest BCUT2D eigenvalue weighted by molar-refractivity contribution is -0.117. The van der Waals surface area contributed by atoms with Gasteiger partial charge in [0.2, 0.25) is 5.91 Å². The highest BCUT2D eigenvalue weighted by atomic mass is 32.2. The Kier molecular flexibility index (Phi) is 5.47. The van der Waals surface area contributed by atoms with Crippen LogP contribution in [0.5, 0.6) is 0 Å². The molecule has 3 amide bonds. The molecule has 2 N–H and O–H groups in total. The van der Waals surface area contributed by atoms with Crippen molar-refractivity contribution in [1.82, 2.24) is 30.2 Å². The van der Waals surface area contributed by atoms with Crippen molar-refractivity contribution in [2.75, 3.05) is 5.75 Å². The molecular weight excluding hydrogens is 352 g/mol. The molecule has 0 unspecified atom stereocenters. The standard InChI is InChI=1S/C17H18N6O2S/c1-11-8-12(2)23-15(19-11)21-22-17(23)26-10-14(24)20-16(25)18-9-13-6-4-3-5-7-13/h3-8H,9-10H2,1-2H3,(H2,18,20,24,25). The Balaban J connectivity index is 1.52. The summed E-state index contributed by atoms with van der Waals surface area (Å²) < 4.78 is 1.78. The molecule has 0 saturated carbocycles. The fourth-order valence-corrected chi connectivity index (χ4v) is 3.19. The third kappa shape index (κ3) is 4.37. The first-order chi connectivity index (χ1) is 12.5. The highest BCUT2D eigenvalue weighted by Crippen LogP contribution is 2.18. The molecule has 1 aromatic carbocycles. The highest BCUT2D eigenvalue weighted by Gasteiger charge is 2.13. The maximum absolute atomic E-state index is 12.0. The van der Waals surface area contributed by atoms with Crippen molar-refractivity contribution in [1.29, 1.82) is 0 Å². The average molecular weight is 370 g/mol. The lowest BCUT2D eigenvalue weighted by Crippen LogP contribution is -2.39. The Hall–Kier alpha value is -2.94. The molecule has 0 aliphatic rings. The highest BCUT2D eigenvalue weighted by molar-refractivity contribution is 7.99. The number of carbonyl (C=O) groups is 2. The zero-order chi connectivity index (χ0) is 18.5. The van der Waals surface area contributed by atoms with Crippen LogP contribution in [0.15, 0.2) is 41.6 Å². The molecule has 0 bridgehead atoms. The van der Waals surface area contributed by atoms with Crippen LogP contribution >= 0.6 is 11.8 Å². The van der Waals surface area contributed by atoms with Crippen LogP contribution in [0, 0.1) is 13.8 Å². The van der Waals surface area contributed by atoms with E-state index in [1.165, 1.54) is 11.8 Å². The summed E-state index contributed by atoms with van der Waals surface area (Å²) >= 11 is 1.20. The van der Waals surface area contributed by atoms with E-state index < -0.39 is 11.9 Å². The van der Waals surface area contributed by atoms with E-state index in [-0.39, 0.29) is 5.75 Å². The molecule has 0 atom stereocenters. The number of hydrogen-bond acceptors (Lipinski definition) is 6. The van der Waals surface area contributed by atoms with Crippen LogP contribution in [0.25, 0.3) is 5.78 Å². The number of rotatable bonds is 5. The monoisotopic (exact) mass is 370 g/mol. The van der Waals surface area contributed by atoms with E-state index in [1.807, 2.05) is 50.2 Å². The quantitative estimate of drug-likeness (QED) is 0.665. The van der Waals surface area contributed by atoms with Gasteiger partial charge in [0, 0.05) is 17.9 Å². The minimum Gasteiger partial charge on any atom is -0.334 e. The number of nitrogens with zero attached hydrogens (tertiary/aromatic N) is 4. The van der Waals surface area contributed by atoms with Crippen LogP contribution in [0.2, 0.25) is 0 Å². The predicted octanol–water partition coefficient (Wildman–Crippen LogP) is 1.86. The maximum atomic E-state index is 12.0. The smallest absolute Gasteiger partial charge is 0.321 e. The summed E-state index contributed by atoms with van der Waals surface area (Å²) in [4.78, 5) is 28.1. The summed E-state index contributed by atoms with van der Waals surface area (Å²) in [6.45, 7) is 4.16. The van der Waals surface area contributed by atoms with E-state index in [0.717, 1.165) is 17.0 Å². The van der Waals surface area contributed by atoms with Crippen molar-refractivity contribution in [2.24, 2.45) is 0 Å². The van der Waals surface area contributed by atoms with E-state index in [0.29, 0.717) is 17.5 Å². The average Bonchev–Trinajstić information content (AvgIpc) is 3.02. The normalized spacial score (nSPS) is 10.7. The summed E-state index contributed by atoms with van der Waals surface area (Å²) in [7, 11) is 0. The van der Waals surface area contributed by atoms with E-state index >= 15 is 0 Å². The molecule has 9 heteroatoms. The third-order valence-electron chi connectivity index (χ3n) is 3.54. The first kappa shape index (κ1) is 17.9. The Morgan fingerprint density at radius 3 is 2.69 bits per heavy atom. The van der Waals surface area contributed by atoms with Gasteiger partial charge in [0.05, 0.1) is 5.75 Å². The SMILES string of the molecule is Cc1cc(C)n2c(SCC(=O)NC(=O)NCc3ccccc3)nnc2n1. The molecule has 0 aliphatic heterocycles. The van der Waals surface area contributed by atoms with Crippen molar-refractivity contribution in [3.8, 4) is 0 Å². The number of aromatic nitrogens is 4. The van der Waals surface area contributed by atoms with Gasteiger partial charge in [0.15, 0.2) is 5.16 Å². The van der Waals surface area contributed by atoms with Crippen LogP contribution in [0.1, 0.15) is 17.0 Å². The number of thioether (sulfide) groups is 1. The van der Waals surface area contributed by atoms with Gasteiger partial charge in [-0.1, -0.05) is 42.1 Å². The van der Waals surface area contributed by atoms with Crippen molar-refractivity contribution < 1.29 is 9.59 Å². The number of fused-ring (bicyclic) bond motifs is 1. The molecule has 0 fully saturated rings. The molecule has 3 rings (SSSR count). The van der Waals surface area contributed by atoms with Gasteiger partial charge in [0.25, 0.3) is 5.78 Å². The van der Waals surface area contributed by atoms with E-state index in [4.69, 9.17) is 0 Å². The number of carbonyl (C=O) groups excluding carboxylic acids is 2. The molecular formula is C17H18N6O2S. The lowest BCUT2D eigenvalue weighted by atomic mass is 10.2. The molecule has 0 saturated heterocycles. The molecule has 2 heterocycles. The fourth-order valence-electron chi connectivity index (χ4n) is 2.41. The Morgan fingerprint density at radius 2 is 1.92 bits per heavy atom. The molecule has 0 spiro atoms. The molecule has 2 aromatic heterocycles. The molecule has 134 valence electrons. The fraction of sp³-hybridized carbons (Fsp3) is 0.235. The summed E-state index contributed by atoms with van der Waals surface area (Å²) in [6, 6.07) is 10.8. The predicted molar refractivity (Wildman–Crippen MR) is 97.8 cm³/mol. The molecule has 0 radical (unpaired) electrons. The van der Waals surface area contributed by atoms with Gasteiger partial charge in [-0.05, 0) is 25.5 Å². The zero-order valence-corrected chi connectivity index (χ0v) is 15.2. The summed E-state index contributed by atoms with van der Waals surface area (Å²) in [5.74, 6) is 0.133. The third-order valence-corrected chi connectivity index (χ3v) is 4.47. The van der Waals surface area contributed by atoms with E-state index in [2.05, 4.69) is 25.8 Å². The van der Waals surface area contributed by atoms with E-state index in [1.54, 1.807) is 4.40 Å². The minimum atomic E-state index is -0.529. The second kappa shape index (κ2) is 7.96. The Morgan fingerprint density at radius 1 is 1.15 bits per heavy atom. The minimum absolute atomic E-state index is 0.0485. The number of nitrogens with one attached hydrogen (secondary N) is 2. The van der Waals surface area contributed by atoms with Crippen LogP contribution in [0.3, 0.4) is 0 Å². The second-order valence-corrected chi connectivity index (χ2v) is 6.60. The van der Waals surface area contributed by atoms with Gasteiger partial charge >= 0.3 is 6.03 Å². The maximum Gasteiger partial charge on any atom is 0.321 e. The van der Waals surface area contributed by atoms with Crippen LogP contribution in [0.4, 0.5) is 4.79 Å². The molecule has 3 aromatic rings.